The van der Waals surface area contributed by atoms with Crippen LogP contribution in [-0.2, 0) is 4.79 Å². The van der Waals surface area contributed by atoms with Gasteiger partial charge in [-0.3, -0.25) is 4.79 Å². The molecule has 3 atom stereocenters. The highest BCUT2D eigenvalue weighted by Crippen LogP contribution is 2.29. The molecule has 3 unspecified atom stereocenters. The third-order valence-corrected chi connectivity index (χ3v) is 6.01. The fourth-order valence-corrected chi connectivity index (χ4v) is 4.19. The number of aliphatic hydroxyl groups is 1. The van der Waals surface area contributed by atoms with Crippen molar-refractivity contribution in [3.63, 3.8) is 0 Å². The summed E-state index contributed by atoms with van der Waals surface area (Å²) in [5.74, 6) is 1.81. The third kappa shape index (κ3) is 3.59. The maximum Gasteiger partial charge on any atom is 0.232 e. The number of H-pyrrole nitrogens is 1. The number of nitrogens with one attached hydrogen (secondary N) is 1. The van der Waals surface area contributed by atoms with Crippen LogP contribution in [0.15, 0.2) is 24.3 Å². The molecular weight excluding hydrogens is 322 g/mol. The lowest BCUT2D eigenvalue weighted by molar-refractivity contribution is -0.134. The van der Waals surface area contributed by atoms with Gasteiger partial charge in [-0.1, -0.05) is 19.1 Å². The maximum atomic E-state index is 12.6. The molecule has 1 aliphatic rings. The number of fused-ring (bicyclic) bond motifs is 1. The van der Waals surface area contributed by atoms with Gasteiger partial charge >= 0.3 is 0 Å². The highest BCUT2D eigenvalue weighted by atomic mass is 32.2. The van der Waals surface area contributed by atoms with Crippen molar-refractivity contribution in [2.75, 3.05) is 18.9 Å². The molecule has 1 aliphatic heterocycles. The van der Waals surface area contributed by atoms with E-state index in [4.69, 9.17) is 0 Å². The summed E-state index contributed by atoms with van der Waals surface area (Å²) in [5.41, 5.74) is 1.98. The molecule has 2 aromatic rings. The summed E-state index contributed by atoms with van der Waals surface area (Å²) in [4.78, 5) is 22.4. The number of aliphatic hydroxyl groups excluding tert-OH is 1. The van der Waals surface area contributed by atoms with E-state index in [9.17, 15) is 9.90 Å². The molecular formula is C18H25N3O2S. The first-order chi connectivity index (χ1) is 11.6. The molecule has 1 amide bonds. The minimum Gasteiger partial charge on any atom is -0.394 e. The van der Waals surface area contributed by atoms with Crippen molar-refractivity contribution in [3.8, 4) is 0 Å². The largest absolute Gasteiger partial charge is 0.394 e. The molecule has 2 heterocycles. The van der Waals surface area contributed by atoms with Crippen LogP contribution in [0, 0.1) is 5.92 Å². The number of carbonyl (C=O) groups is 1. The van der Waals surface area contributed by atoms with Crippen LogP contribution >= 0.6 is 11.8 Å². The van der Waals surface area contributed by atoms with E-state index in [2.05, 4.69) is 23.8 Å². The normalized spacial score (nSPS) is 22.7. The van der Waals surface area contributed by atoms with Gasteiger partial charge in [-0.05, 0) is 37.8 Å². The van der Waals surface area contributed by atoms with Crippen molar-refractivity contribution >= 4 is 28.7 Å². The van der Waals surface area contributed by atoms with Gasteiger partial charge in [0.05, 0.1) is 34.7 Å². The molecule has 130 valence electrons. The van der Waals surface area contributed by atoms with Crippen LogP contribution in [0.5, 0.6) is 0 Å². The van der Waals surface area contributed by atoms with E-state index in [1.54, 1.807) is 11.8 Å². The van der Waals surface area contributed by atoms with Crippen molar-refractivity contribution in [1.82, 2.24) is 14.9 Å². The SMILES string of the molecule is CC(SCC(=O)N1CCCC(C)C1CO)c1nc2ccccc2[nH]1. The van der Waals surface area contributed by atoms with Gasteiger partial charge in [0, 0.05) is 6.54 Å². The Bertz CT molecular complexity index is 669. The lowest BCUT2D eigenvalue weighted by Gasteiger charge is -2.39. The topological polar surface area (TPSA) is 69.2 Å². The second kappa shape index (κ2) is 7.57. The molecule has 24 heavy (non-hydrogen) atoms. The van der Waals surface area contributed by atoms with E-state index >= 15 is 0 Å². The average molecular weight is 347 g/mol. The number of piperidine rings is 1. The minimum atomic E-state index is -0.0339. The molecule has 0 radical (unpaired) electrons. The monoisotopic (exact) mass is 347 g/mol. The van der Waals surface area contributed by atoms with Crippen molar-refractivity contribution < 1.29 is 9.90 Å². The number of benzene rings is 1. The number of aromatic amines is 1. The van der Waals surface area contributed by atoms with Gasteiger partial charge in [-0.15, -0.1) is 11.8 Å². The molecule has 1 saturated heterocycles. The lowest BCUT2D eigenvalue weighted by Crippen LogP contribution is -2.50. The summed E-state index contributed by atoms with van der Waals surface area (Å²) in [5, 5.41) is 9.72. The number of hydrogen-bond acceptors (Lipinski definition) is 4. The molecule has 1 aromatic heterocycles. The van der Waals surface area contributed by atoms with E-state index in [-0.39, 0.29) is 23.8 Å². The first kappa shape index (κ1) is 17.3. The Morgan fingerprint density at radius 3 is 3.04 bits per heavy atom. The molecule has 2 N–H and O–H groups in total. The van der Waals surface area contributed by atoms with Crippen LogP contribution in [0.1, 0.15) is 37.8 Å². The van der Waals surface area contributed by atoms with Crippen LogP contribution in [0.25, 0.3) is 11.0 Å². The molecule has 1 fully saturated rings. The maximum absolute atomic E-state index is 12.6. The zero-order chi connectivity index (χ0) is 17.1. The first-order valence-corrected chi connectivity index (χ1v) is 9.61. The number of thioether (sulfide) groups is 1. The standard InChI is InChI=1S/C18H25N3O2S/c1-12-6-5-9-21(16(12)10-22)17(23)11-24-13(2)18-19-14-7-3-4-8-15(14)20-18/h3-4,7-8,12-13,16,22H,5-6,9-11H2,1-2H3,(H,19,20). The second-order valence-corrected chi connectivity index (χ2v) is 7.88. The quantitative estimate of drug-likeness (QED) is 0.872. The molecule has 3 rings (SSSR count). The molecule has 0 bridgehead atoms. The smallest absolute Gasteiger partial charge is 0.232 e. The van der Waals surface area contributed by atoms with Crippen LogP contribution in [-0.4, -0.2) is 50.8 Å². The summed E-state index contributed by atoms with van der Waals surface area (Å²) in [6.45, 7) is 4.99. The van der Waals surface area contributed by atoms with Crippen LogP contribution in [0.2, 0.25) is 0 Å². The van der Waals surface area contributed by atoms with Gasteiger partial charge in [-0.2, -0.15) is 0 Å². The number of aromatic nitrogens is 2. The summed E-state index contributed by atoms with van der Waals surface area (Å²) < 4.78 is 0. The number of carbonyl (C=O) groups excluding carboxylic acids is 1. The van der Waals surface area contributed by atoms with Crippen molar-refractivity contribution in [1.29, 1.82) is 0 Å². The third-order valence-electron chi connectivity index (χ3n) is 4.87. The molecule has 5 nitrogen and oxygen atoms in total. The van der Waals surface area contributed by atoms with E-state index in [0.29, 0.717) is 11.7 Å². The Morgan fingerprint density at radius 2 is 2.29 bits per heavy atom. The van der Waals surface area contributed by atoms with E-state index in [1.165, 1.54) is 0 Å². The summed E-state index contributed by atoms with van der Waals surface area (Å²) in [6.07, 6.45) is 2.10. The average Bonchev–Trinajstić information content (AvgIpc) is 3.03. The minimum absolute atomic E-state index is 0.0339. The van der Waals surface area contributed by atoms with Gasteiger partial charge in [0.15, 0.2) is 0 Å². The van der Waals surface area contributed by atoms with E-state index in [0.717, 1.165) is 36.2 Å². The Hall–Kier alpha value is -1.53. The summed E-state index contributed by atoms with van der Waals surface area (Å²) >= 11 is 1.59. The molecule has 1 aromatic carbocycles. The Balaban J connectivity index is 1.60. The van der Waals surface area contributed by atoms with Gasteiger partial charge in [0.1, 0.15) is 5.82 Å². The molecule has 0 aliphatic carbocycles. The van der Waals surface area contributed by atoms with Crippen molar-refractivity contribution in [2.45, 2.75) is 38.0 Å². The van der Waals surface area contributed by atoms with Gasteiger partial charge < -0.3 is 15.0 Å². The predicted octanol–water partition coefficient (Wildman–Crippen LogP) is 2.98. The van der Waals surface area contributed by atoms with E-state index in [1.807, 2.05) is 29.2 Å². The van der Waals surface area contributed by atoms with Gasteiger partial charge in [0.2, 0.25) is 5.91 Å². The fraction of sp³-hybridized carbons (Fsp3) is 0.556. The number of nitrogens with zero attached hydrogens (tertiary/aromatic N) is 2. The summed E-state index contributed by atoms with van der Waals surface area (Å²) in [7, 11) is 0. The Morgan fingerprint density at radius 1 is 1.50 bits per heavy atom. The number of rotatable bonds is 5. The number of para-hydroxylation sites is 2. The zero-order valence-corrected chi connectivity index (χ0v) is 15.1. The highest BCUT2D eigenvalue weighted by Gasteiger charge is 2.31. The van der Waals surface area contributed by atoms with Crippen LogP contribution in [0.4, 0.5) is 0 Å². The van der Waals surface area contributed by atoms with E-state index < -0.39 is 0 Å². The highest BCUT2D eigenvalue weighted by molar-refractivity contribution is 8.00. The zero-order valence-electron chi connectivity index (χ0n) is 14.2. The van der Waals surface area contributed by atoms with Gasteiger partial charge in [0.25, 0.3) is 0 Å². The first-order valence-electron chi connectivity index (χ1n) is 8.56. The predicted molar refractivity (Wildman–Crippen MR) is 98.0 cm³/mol. The number of likely N-dealkylation sites (tertiary alicyclic amines) is 1. The van der Waals surface area contributed by atoms with Crippen molar-refractivity contribution in [2.24, 2.45) is 5.92 Å². The van der Waals surface area contributed by atoms with Crippen molar-refractivity contribution in [3.05, 3.63) is 30.1 Å². The van der Waals surface area contributed by atoms with Gasteiger partial charge in [-0.25, -0.2) is 4.98 Å². The van der Waals surface area contributed by atoms with Crippen LogP contribution < -0.4 is 0 Å². The molecule has 0 saturated carbocycles. The number of amides is 1. The lowest BCUT2D eigenvalue weighted by atomic mass is 9.91. The Labute approximate surface area is 146 Å². The van der Waals surface area contributed by atoms with Crippen LogP contribution in [0.3, 0.4) is 0 Å². The number of hydrogen-bond donors (Lipinski definition) is 2. The second-order valence-electron chi connectivity index (χ2n) is 6.55. The molecule has 0 spiro atoms. The fourth-order valence-electron chi connectivity index (χ4n) is 3.36. The Kier molecular flexibility index (Phi) is 5.46. The molecule has 6 heteroatoms. The summed E-state index contributed by atoms with van der Waals surface area (Å²) in [6, 6.07) is 7.92. The number of imidazole rings is 1.